The van der Waals surface area contributed by atoms with Crippen LogP contribution in [0.1, 0.15) is 0 Å². The van der Waals surface area contributed by atoms with Crippen LogP contribution in [0.2, 0.25) is 0 Å². The Labute approximate surface area is 382 Å². The molecule has 1 aliphatic heterocycles. The standard InChI is InChI=1S/C55H34N7O.Pt/c1-4-15-37(16-5-1)38-26-30-47-45(33-38)44-28-27-43(35-51(44)61(47)52-25-12-13-32-56-52)63-42-22-14-21-41(34-42)58-36-59(39-17-6-2-7-18-39)54-50(58)31-29-46-53(54)62-49-24-11-10-23-48(49)60(55(62)57-46)40-19-8-3-9-20-40;/h1-33,36H;/q-3;. The molecule has 0 amide bonds. The molecule has 8 nitrogen and oxygen atoms in total. The smallest absolute Gasteiger partial charge is 0.220 e. The number of ether oxygens (including phenoxy) is 1. The van der Waals surface area contributed by atoms with E-state index in [4.69, 9.17) is 14.7 Å². The van der Waals surface area contributed by atoms with Gasteiger partial charge in [0, 0.05) is 61.3 Å². The largest absolute Gasteiger partial charge is 0.509 e. The van der Waals surface area contributed by atoms with E-state index in [0.717, 1.165) is 89.5 Å². The van der Waals surface area contributed by atoms with Crippen molar-refractivity contribution in [3.05, 3.63) is 219 Å². The van der Waals surface area contributed by atoms with Gasteiger partial charge in [-0.05, 0) is 83.2 Å². The monoisotopic (exact) mass is 1000 g/mol. The number of hydrogen-bond donors (Lipinski definition) is 0. The Hall–Kier alpha value is -7.93. The van der Waals surface area contributed by atoms with Crippen LogP contribution in [0.3, 0.4) is 0 Å². The first-order valence-electron chi connectivity index (χ1n) is 20.9. The molecule has 0 saturated carbocycles. The van der Waals surface area contributed by atoms with Gasteiger partial charge in [0.15, 0.2) is 0 Å². The van der Waals surface area contributed by atoms with Gasteiger partial charge >= 0.3 is 0 Å². The topological polar surface area (TPSA) is 55.8 Å². The summed E-state index contributed by atoms with van der Waals surface area (Å²) >= 11 is 0. The van der Waals surface area contributed by atoms with Crippen LogP contribution in [0.5, 0.6) is 11.5 Å². The van der Waals surface area contributed by atoms with E-state index in [-0.39, 0.29) is 21.1 Å². The molecule has 1 aliphatic rings. The molecule has 4 aromatic heterocycles. The third-order valence-corrected chi connectivity index (χ3v) is 12.0. The van der Waals surface area contributed by atoms with Gasteiger partial charge in [-0.2, -0.15) is 12.1 Å². The maximum Gasteiger partial charge on any atom is 0.220 e. The van der Waals surface area contributed by atoms with Gasteiger partial charge in [0.05, 0.1) is 27.8 Å². The maximum atomic E-state index is 6.66. The third-order valence-electron chi connectivity index (χ3n) is 12.0. The van der Waals surface area contributed by atoms with Crippen molar-refractivity contribution in [1.29, 1.82) is 0 Å². The molecule has 0 unspecified atom stereocenters. The average molecular weight is 1000 g/mol. The second kappa shape index (κ2) is 15.2. The van der Waals surface area contributed by atoms with Crippen LogP contribution < -0.4 is 14.5 Å². The predicted octanol–water partition coefficient (Wildman–Crippen LogP) is 13.4. The predicted molar refractivity (Wildman–Crippen MR) is 253 cm³/mol. The first-order valence-corrected chi connectivity index (χ1v) is 20.9. The van der Waals surface area contributed by atoms with Crippen LogP contribution >= 0.6 is 0 Å². The summed E-state index contributed by atoms with van der Waals surface area (Å²) in [5.41, 5.74) is 13.3. The number of fused-ring (bicyclic) bond motifs is 10. The molecule has 308 valence electrons. The minimum absolute atomic E-state index is 0. The molecule has 9 heteroatoms. The van der Waals surface area contributed by atoms with E-state index in [1.54, 1.807) is 0 Å². The Bertz CT molecular complexity index is 3700. The zero-order chi connectivity index (χ0) is 41.4. The molecule has 0 radical (unpaired) electrons. The Balaban J connectivity index is 0.00000433. The molecule has 0 atom stereocenters. The quantitative estimate of drug-likeness (QED) is 0.149. The average Bonchev–Trinajstić information content (AvgIpc) is 4.10. The van der Waals surface area contributed by atoms with Crippen LogP contribution in [-0.2, 0) is 21.1 Å². The number of aromatic nitrogens is 5. The molecule has 0 saturated heterocycles. The van der Waals surface area contributed by atoms with Gasteiger partial charge in [-0.3, -0.25) is 8.97 Å². The summed E-state index contributed by atoms with van der Waals surface area (Å²) in [6.45, 7) is 2.14. The summed E-state index contributed by atoms with van der Waals surface area (Å²) in [7, 11) is 0. The first kappa shape index (κ1) is 37.8. The van der Waals surface area contributed by atoms with Crippen molar-refractivity contribution in [3.63, 3.8) is 0 Å². The van der Waals surface area contributed by atoms with Crippen LogP contribution in [-0.4, -0.2) is 23.5 Å². The molecule has 13 rings (SSSR count). The van der Waals surface area contributed by atoms with Crippen LogP contribution in [0.15, 0.2) is 200 Å². The summed E-state index contributed by atoms with van der Waals surface area (Å²) in [6, 6.07) is 74.1. The van der Waals surface area contributed by atoms with Gasteiger partial charge in [-0.15, -0.1) is 48.1 Å². The summed E-state index contributed by atoms with van der Waals surface area (Å²) in [5.74, 6) is 2.81. The van der Waals surface area contributed by atoms with E-state index in [1.807, 2.05) is 60.8 Å². The molecular weight excluding hydrogens is 970 g/mol. The zero-order valence-corrected chi connectivity index (χ0v) is 36.3. The fraction of sp³-hybridized carbons (Fsp3) is 0. The van der Waals surface area contributed by atoms with Crippen molar-refractivity contribution < 1.29 is 25.8 Å². The number of anilines is 4. The van der Waals surface area contributed by atoms with Gasteiger partial charge in [0.25, 0.3) is 0 Å². The van der Waals surface area contributed by atoms with Crippen molar-refractivity contribution in [3.8, 4) is 34.1 Å². The normalized spacial score (nSPS) is 12.4. The molecule has 0 bridgehead atoms. The number of imidazole rings is 2. The van der Waals surface area contributed by atoms with Crippen LogP contribution in [0.4, 0.5) is 22.7 Å². The van der Waals surface area contributed by atoms with Gasteiger partial charge in [0.1, 0.15) is 5.82 Å². The fourth-order valence-corrected chi connectivity index (χ4v) is 9.20. The second-order valence-electron chi connectivity index (χ2n) is 15.6. The zero-order valence-electron chi connectivity index (χ0n) is 34.0. The van der Waals surface area contributed by atoms with E-state index >= 15 is 0 Å². The Kier molecular flexibility index (Phi) is 8.95. The molecule has 0 N–H and O–H groups in total. The number of pyridine rings is 1. The number of rotatable bonds is 7. The van der Waals surface area contributed by atoms with Crippen LogP contribution in [0.25, 0.3) is 72.3 Å². The Morgan fingerprint density at radius 2 is 1.25 bits per heavy atom. The summed E-state index contributed by atoms with van der Waals surface area (Å²) in [5, 5.41) is 2.18. The van der Waals surface area contributed by atoms with Gasteiger partial charge in [-0.1, -0.05) is 103 Å². The number of para-hydroxylation sites is 4. The van der Waals surface area contributed by atoms with Gasteiger partial charge in [-0.25, -0.2) is 9.97 Å². The third kappa shape index (κ3) is 5.94. The molecule has 64 heavy (non-hydrogen) atoms. The Morgan fingerprint density at radius 1 is 0.516 bits per heavy atom. The van der Waals surface area contributed by atoms with Crippen LogP contribution in [0, 0.1) is 18.8 Å². The molecule has 12 aromatic rings. The van der Waals surface area contributed by atoms with Crippen molar-refractivity contribution >= 4 is 72.4 Å². The number of nitrogens with zero attached hydrogens (tertiary/aromatic N) is 7. The molecular formula is C55H34N7OPt-3. The van der Waals surface area contributed by atoms with E-state index in [1.165, 1.54) is 5.56 Å². The minimum Gasteiger partial charge on any atom is -0.509 e. The van der Waals surface area contributed by atoms with Crippen molar-refractivity contribution in [2.75, 3.05) is 9.80 Å². The molecule has 8 aromatic carbocycles. The fourth-order valence-electron chi connectivity index (χ4n) is 9.20. The van der Waals surface area contributed by atoms with Crippen molar-refractivity contribution in [1.82, 2.24) is 23.5 Å². The maximum absolute atomic E-state index is 6.66. The summed E-state index contributed by atoms with van der Waals surface area (Å²) < 4.78 is 13.4. The van der Waals surface area contributed by atoms with E-state index < -0.39 is 0 Å². The second-order valence-corrected chi connectivity index (χ2v) is 15.6. The molecule has 5 heterocycles. The van der Waals surface area contributed by atoms with Crippen molar-refractivity contribution in [2.24, 2.45) is 0 Å². The summed E-state index contributed by atoms with van der Waals surface area (Å²) in [6.07, 6.45) is 1.82. The first-order chi connectivity index (χ1) is 31.2. The van der Waals surface area contributed by atoms with E-state index in [2.05, 4.69) is 182 Å². The molecule has 0 spiro atoms. The van der Waals surface area contributed by atoms with E-state index in [9.17, 15) is 0 Å². The number of hydrogen-bond acceptors (Lipinski definition) is 5. The number of benzene rings is 8. The Morgan fingerprint density at radius 3 is 2.05 bits per heavy atom. The van der Waals surface area contributed by atoms with Gasteiger partial charge < -0.3 is 19.1 Å². The minimum atomic E-state index is 0. The molecule has 0 aliphatic carbocycles. The van der Waals surface area contributed by atoms with Gasteiger partial charge in [0.2, 0.25) is 5.78 Å². The SMILES string of the molecule is [Pt].[c-]1c(Oc2[c-]c3c(cc2)c2cc(-c4ccccc4)ccc2n3-c2ccccn2)cccc1N1[CH-]N(c2ccccc2)c2c1ccc1nc3n(-c4ccccc4)c4ccccc4n3c21. The molecule has 0 fully saturated rings. The van der Waals surface area contributed by atoms with Crippen molar-refractivity contribution in [2.45, 2.75) is 0 Å². The van der Waals surface area contributed by atoms with E-state index in [0.29, 0.717) is 11.5 Å². The summed E-state index contributed by atoms with van der Waals surface area (Å²) in [4.78, 5) is 14.5.